The highest BCUT2D eigenvalue weighted by molar-refractivity contribution is 5.40. The van der Waals surface area contributed by atoms with Gasteiger partial charge in [0.25, 0.3) is 0 Å². The van der Waals surface area contributed by atoms with Gasteiger partial charge < -0.3 is 11.1 Å². The molecule has 0 bridgehead atoms. The van der Waals surface area contributed by atoms with Crippen molar-refractivity contribution < 1.29 is 0 Å². The van der Waals surface area contributed by atoms with Gasteiger partial charge in [0.15, 0.2) is 0 Å². The summed E-state index contributed by atoms with van der Waals surface area (Å²) in [6, 6.07) is 8.22. The van der Waals surface area contributed by atoms with Gasteiger partial charge in [-0.3, -0.25) is 0 Å². The first kappa shape index (κ1) is 7.62. The Bertz CT molecular complexity index is 247. The van der Waals surface area contributed by atoms with Crippen molar-refractivity contribution in [1.82, 2.24) is 5.32 Å². The highest BCUT2D eigenvalue weighted by Crippen LogP contribution is 2.22. The number of rotatable bonds is 1. The zero-order valence-electron chi connectivity index (χ0n) is 7.09. The van der Waals surface area contributed by atoms with Crippen LogP contribution in [-0.4, -0.2) is 13.1 Å². The van der Waals surface area contributed by atoms with Crippen LogP contribution in [0.2, 0.25) is 0 Å². The van der Waals surface area contributed by atoms with Crippen LogP contribution >= 0.6 is 0 Å². The largest absolute Gasteiger partial charge is 0.399 e. The van der Waals surface area contributed by atoms with Gasteiger partial charge in [-0.15, -0.1) is 0 Å². The molecule has 1 aliphatic heterocycles. The molecule has 1 heterocycles. The molecule has 64 valence electrons. The number of anilines is 1. The third-order valence-corrected chi connectivity index (χ3v) is 2.47. The predicted molar refractivity (Wildman–Crippen MR) is 51.1 cm³/mol. The minimum absolute atomic E-state index is 0.700. The molecule has 1 atom stereocenters. The van der Waals surface area contributed by atoms with Gasteiger partial charge in [-0.2, -0.15) is 0 Å². The first-order valence-electron chi connectivity index (χ1n) is 4.42. The van der Waals surface area contributed by atoms with E-state index in [2.05, 4.69) is 17.4 Å². The Morgan fingerprint density at radius 2 is 2.00 bits per heavy atom. The summed E-state index contributed by atoms with van der Waals surface area (Å²) in [4.78, 5) is 0. The van der Waals surface area contributed by atoms with E-state index in [0.29, 0.717) is 5.92 Å². The van der Waals surface area contributed by atoms with E-state index in [1.807, 2.05) is 12.1 Å². The van der Waals surface area contributed by atoms with Crippen molar-refractivity contribution in [1.29, 1.82) is 0 Å². The van der Waals surface area contributed by atoms with Crippen LogP contribution in [0.15, 0.2) is 24.3 Å². The Kier molecular flexibility index (Phi) is 2.00. The van der Waals surface area contributed by atoms with Crippen molar-refractivity contribution >= 4 is 5.69 Å². The third-order valence-electron chi connectivity index (χ3n) is 2.47. The number of nitrogens with two attached hydrogens (primary N) is 1. The molecule has 2 nitrogen and oxygen atoms in total. The van der Waals surface area contributed by atoms with Crippen molar-refractivity contribution in [2.45, 2.75) is 12.3 Å². The molecule has 0 radical (unpaired) electrons. The molecule has 0 unspecified atom stereocenters. The zero-order valence-corrected chi connectivity index (χ0v) is 7.09. The van der Waals surface area contributed by atoms with E-state index in [-0.39, 0.29) is 0 Å². The quantitative estimate of drug-likeness (QED) is 0.612. The van der Waals surface area contributed by atoms with E-state index < -0.39 is 0 Å². The SMILES string of the molecule is Nc1ccc([C@H]2CCNC2)cc1. The molecule has 0 spiro atoms. The van der Waals surface area contributed by atoms with Gasteiger partial charge in [-0.25, -0.2) is 0 Å². The Labute approximate surface area is 72.8 Å². The van der Waals surface area contributed by atoms with E-state index in [0.717, 1.165) is 18.8 Å². The lowest BCUT2D eigenvalue weighted by Crippen LogP contribution is -2.07. The number of hydrogen-bond acceptors (Lipinski definition) is 2. The minimum atomic E-state index is 0.700. The summed E-state index contributed by atoms with van der Waals surface area (Å²) in [5, 5.41) is 3.35. The summed E-state index contributed by atoms with van der Waals surface area (Å²) in [5.74, 6) is 0.700. The van der Waals surface area contributed by atoms with Crippen LogP contribution in [0.5, 0.6) is 0 Å². The average Bonchev–Trinajstić information content (AvgIpc) is 2.58. The molecule has 0 saturated carbocycles. The molecule has 2 rings (SSSR count). The van der Waals surface area contributed by atoms with Gasteiger partial charge >= 0.3 is 0 Å². The standard InChI is InChI=1S/C10H14N2/c11-10-3-1-8(2-4-10)9-5-6-12-7-9/h1-4,9,12H,5-7,11H2/t9-/m0/s1. The average molecular weight is 162 g/mol. The molecule has 1 aromatic carbocycles. The molecule has 2 heteroatoms. The lowest BCUT2D eigenvalue weighted by molar-refractivity contribution is 0.764. The fraction of sp³-hybridized carbons (Fsp3) is 0.400. The van der Waals surface area contributed by atoms with Crippen LogP contribution in [0.25, 0.3) is 0 Å². The van der Waals surface area contributed by atoms with Gasteiger partial charge in [0, 0.05) is 12.2 Å². The van der Waals surface area contributed by atoms with E-state index in [1.165, 1.54) is 12.0 Å². The maximum atomic E-state index is 5.61. The Hall–Kier alpha value is -1.02. The maximum Gasteiger partial charge on any atom is 0.0314 e. The molecular formula is C10H14N2. The monoisotopic (exact) mass is 162 g/mol. The normalized spacial score (nSPS) is 22.8. The fourth-order valence-corrected chi connectivity index (χ4v) is 1.71. The minimum Gasteiger partial charge on any atom is -0.399 e. The Morgan fingerprint density at radius 3 is 2.58 bits per heavy atom. The van der Waals surface area contributed by atoms with Crippen LogP contribution < -0.4 is 11.1 Å². The van der Waals surface area contributed by atoms with Crippen molar-refractivity contribution in [3.63, 3.8) is 0 Å². The summed E-state index contributed by atoms with van der Waals surface area (Å²) >= 11 is 0. The molecule has 0 aliphatic carbocycles. The smallest absolute Gasteiger partial charge is 0.0314 e. The molecular weight excluding hydrogens is 148 g/mol. The Balaban J connectivity index is 2.17. The van der Waals surface area contributed by atoms with Gasteiger partial charge in [0.05, 0.1) is 0 Å². The fourth-order valence-electron chi connectivity index (χ4n) is 1.71. The number of nitrogen functional groups attached to an aromatic ring is 1. The van der Waals surface area contributed by atoms with E-state index in [1.54, 1.807) is 0 Å². The molecule has 0 aromatic heterocycles. The van der Waals surface area contributed by atoms with Gasteiger partial charge in [0.2, 0.25) is 0 Å². The second kappa shape index (κ2) is 3.15. The highest BCUT2D eigenvalue weighted by Gasteiger charge is 2.15. The van der Waals surface area contributed by atoms with E-state index >= 15 is 0 Å². The van der Waals surface area contributed by atoms with E-state index in [4.69, 9.17) is 5.73 Å². The van der Waals surface area contributed by atoms with Gasteiger partial charge in [-0.1, -0.05) is 12.1 Å². The third kappa shape index (κ3) is 1.43. The molecule has 1 saturated heterocycles. The number of nitrogens with one attached hydrogen (secondary N) is 1. The second-order valence-electron chi connectivity index (χ2n) is 3.36. The second-order valence-corrected chi connectivity index (χ2v) is 3.36. The van der Waals surface area contributed by atoms with Gasteiger partial charge in [-0.05, 0) is 36.6 Å². The lowest BCUT2D eigenvalue weighted by atomic mass is 9.98. The van der Waals surface area contributed by atoms with Crippen molar-refractivity contribution in [2.24, 2.45) is 0 Å². The Morgan fingerprint density at radius 1 is 1.25 bits per heavy atom. The molecule has 3 N–H and O–H groups in total. The molecule has 1 aromatic rings. The van der Waals surface area contributed by atoms with Crippen molar-refractivity contribution in [3.05, 3.63) is 29.8 Å². The lowest BCUT2D eigenvalue weighted by Gasteiger charge is -2.07. The molecule has 0 amide bonds. The van der Waals surface area contributed by atoms with Crippen LogP contribution in [-0.2, 0) is 0 Å². The summed E-state index contributed by atoms with van der Waals surface area (Å²) < 4.78 is 0. The van der Waals surface area contributed by atoms with Crippen LogP contribution in [0.4, 0.5) is 5.69 Å². The zero-order chi connectivity index (χ0) is 8.39. The van der Waals surface area contributed by atoms with Gasteiger partial charge in [0.1, 0.15) is 0 Å². The maximum absolute atomic E-state index is 5.61. The summed E-state index contributed by atoms with van der Waals surface area (Å²) in [6.45, 7) is 2.26. The topological polar surface area (TPSA) is 38.0 Å². The summed E-state index contributed by atoms with van der Waals surface area (Å²) in [6.07, 6.45) is 1.25. The molecule has 1 aliphatic rings. The summed E-state index contributed by atoms with van der Waals surface area (Å²) in [5.41, 5.74) is 7.87. The predicted octanol–water partition coefficient (Wildman–Crippen LogP) is 1.35. The van der Waals surface area contributed by atoms with Crippen LogP contribution in [0.1, 0.15) is 17.9 Å². The summed E-state index contributed by atoms with van der Waals surface area (Å²) in [7, 11) is 0. The number of hydrogen-bond donors (Lipinski definition) is 2. The van der Waals surface area contributed by atoms with Crippen molar-refractivity contribution in [3.8, 4) is 0 Å². The van der Waals surface area contributed by atoms with Crippen LogP contribution in [0, 0.1) is 0 Å². The first-order valence-corrected chi connectivity index (χ1v) is 4.42. The van der Waals surface area contributed by atoms with Crippen LogP contribution in [0.3, 0.4) is 0 Å². The highest BCUT2D eigenvalue weighted by atomic mass is 14.9. The van der Waals surface area contributed by atoms with Crippen molar-refractivity contribution in [2.75, 3.05) is 18.8 Å². The molecule has 1 fully saturated rings. The first-order chi connectivity index (χ1) is 5.86. The van der Waals surface area contributed by atoms with E-state index in [9.17, 15) is 0 Å². The molecule has 12 heavy (non-hydrogen) atoms. The number of benzene rings is 1.